The maximum atomic E-state index is 11.1. The number of fused-ring (bicyclic) bond motifs is 1. The molecule has 0 saturated heterocycles. The minimum absolute atomic E-state index is 0.0368. The standard InChI is InChI=1S/C10H9N2O2S/c11-10-3-1-2-7-4-5-8(6-9(7)10)15(12,13)14/h1-6,11H,(H2,12,13,14). The summed E-state index contributed by atoms with van der Waals surface area (Å²) < 4.78 is 22.2. The van der Waals surface area contributed by atoms with Crippen LogP contribution in [-0.4, -0.2) is 8.42 Å². The Morgan fingerprint density at radius 2 is 1.87 bits per heavy atom. The molecule has 0 atom stereocenters. The van der Waals surface area contributed by atoms with Gasteiger partial charge in [-0.05, 0) is 23.6 Å². The molecule has 0 spiro atoms. The maximum absolute atomic E-state index is 11.1. The first-order valence-electron chi connectivity index (χ1n) is 4.26. The average molecular weight is 221 g/mol. The van der Waals surface area contributed by atoms with E-state index < -0.39 is 10.0 Å². The Morgan fingerprint density at radius 1 is 1.13 bits per heavy atom. The fourth-order valence-corrected chi connectivity index (χ4v) is 1.97. The van der Waals surface area contributed by atoms with E-state index in [-0.39, 0.29) is 10.6 Å². The van der Waals surface area contributed by atoms with Crippen LogP contribution in [-0.2, 0) is 10.0 Å². The van der Waals surface area contributed by atoms with Crippen LogP contribution in [0.3, 0.4) is 0 Å². The van der Waals surface area contributed by atoms with Crippen molar-refractivity contribution in [2.45, 2.75) is 4.90 Å². The fourth-order valence-electron chi connectivity index (χ4n) is 1.43. The minimum atomic E-state index is -3.69. The lowest BCUT2D eigenvalue weighted by molar-refractivity contribution is 0.598. The van der Waals surface area contributed by atoms with Crippen molar-refractivity contribution in [1.82, 2.24) is 5.73 Å². The van der Waals surface area contributed by atoms with Gasteiger partial charge in [-0.1, -0.05) is 18.2 Å². The van der Waals surface area contributed by atoms with E-state index in [1.807, 2.05) is 6.07 Å². The van der Waals surface area contributed by atoms with E-state index in [1.165, 1.54) is 12.1 Å². The van der Waals surface area contributed by atoms with Gasteiger partial charge in [-0.15, -0.1) is 0 Å². The molecule has 2 aromatic rings. The van der Waals surface area contributed by atoms with Crippen LogP contribution in [0.5, 0.6) is 0 Å². The molecule has 77 valence electrons. The van der Waals surface area contributed by atoms with E-state index in [2.05, 4.69) is 0 Å². The zero-order chi connectivity index (χ0) is 11.1. The van der Waals surface area contributed by atoms with Gasteiger partial charge < -0.3 is 5.73 Å². The number of rotatable bonds is 1. The van der Waals surface area contributed by atoms with Gasteiger partial charge in [0.2, 0.25) is 10.0 Å². The van der Waals surface area contributed by atoms with Gasteiger partial charge in [0, 0.05) is 5.39 Å². The van der Waals surface area contributed by atoms with Gasteiger partial charge in [0.1, 0.15) is 0 Å². The second-order valence-corrected chi connectivity index (χ2v) is 4.79. The molecule has 15 heavy (non-hydrogen) atoms. The lowest BCUT2D eigenvalue weighted by Gasteiger charge is -2.03. The first-order valence-corrected chi connectivity index (χ1v) is 5.80. The number of primary sulfonamides is 1. The van der Waals surface area contributed by atoms with Crippen LogP contribution in [0.1, 0.15) is 0 Å². The molecule has 0 bridgehead atoms. The summed E-state index contributed by atoms with van der Waals surface area (Å²) in [6.07, 6.45) is 0. The summed E-state index contributed by atoms with van der Waals surface area (Å²) in [7, 11) is -3.69. The highest BCUT2D eigenvalue weighted by molar-refractivity contribution is 7.89. The Morgan fingerprint density at radius 3 is 2.53 bits per heavy atom. The summed E-state index contributed by atoms with van der Waals surface area (Å²) in [5.41, 5.74) is 7.92. The fraction of sp³-hybridized carbons (Fsp3) is 0. The molecule has 0 amide bonds. The molecule has 4 nitrogen and oxygen atoms in total. The number of nitrogens with two attached hydrogens (primary N) is 1. The van der Waals surface area contributed by atoms with Crippen molar-refractivity contribution in [3.8, 4) is 0 Å². The molecule has 0 aromatic heterocycles. The molecule has 0 unspecified atom stereocenters. The first kappa shape index (κ1) is 9.95. The van der Waals surface area contributed by atoms with E-state index in [0.717, 1.165) is 5.39 Å². The zero-order valence-corrected chi connectivity index (χ0v) is 8.58. The summed E-state index contributed by atoms with van der Waals surface area (Å²) in [6, 6.07) is 9.69. The zero-order valence-electron chi connectivity index (χ0n) is 7.77. The predicted octanol–water partition coefficient (Wildman–Crippen LogP) is 1.40. The van der Waals surface area contributed by atoms with Gasteiger partial charge in [-0.3, -0.25) is 0 Å². The van der Waals surface area contributed by atoms with Crippen LogP contribution < -0.4 is 10.9 Å². The van der Waals surface area contributed by atoms with E-state index in [0.29, 0.717) is 5.39 Å². The molecule has 0 aliphatic rings. The van der Waals surface area contributed by atoms with E-state index in [9.17, 15) is 8.42 Å². The molecule has 0 aliphatic heterocycles. The topological polar surface area (TPSA) is 84.0 Å². The van der Waals surface area contributed by atoms with E-state index in [1.54, 1.807) is 18.2 Å². The minimum Gasteiger partial charge on any atom is -0.300 e. The molecule has 0 aliphatic carbocycles. The van der Waals surface area contributed by atoms with Gasteiger partial charge in [0.25, 0.3) is 0 Å². The number of hydrogen-bond donors (Lipinski definition) is 1. The van der Waals surface area contributed by atoms with Crippen LogP contribution in [0.2, 0.25) is 0 Å². The second kappa shape index (κ2) is 3.22. The molecular weight excluding hydrogens is 212 g/mol. The third-order valence-corrected chi connectivity index (χ3v) is 3.09. The summed E-state index contributed by atoms with van der Waals surface area (Å²) in [5.74, 6) is 0. The van der Waals surface area contributed by atoms with Gasteiger partial charge in [0.05, 0.1) is 10.6 Å². The van der Waals surface area contributed by atoms with Crippen molar-refractivity contribution in [3.63, 3.8) is 0 Å². The lowest BCUT2D eigenvalue weighted by Crippen LogP contribution is -2.11. The number of sulfonamides is 1. The first-order chi connectivity index (χ1) is 6.98. The maximum Gasteiger partial charge on any atom is 0.238 e. The van der Waals surface area contributed by atoms with Crippen molar-refractivity contribution in [3.05, 3.63) is 36.4 Å². The Labute approximate surface area is 87.6 Å². The van der Waals surface area contributed by atoms with Crippen LogP contribution in [0.15, 0.2) is 41.3 Å². The lowest BCUT2D eigenvalue weighted by atomic mass is 10.1. The SMILES string of the molecule is [NH]c1cccc2ccc(S(N)(=O)=O)cc12. The van der Waals surface area contributed by atoms with E-state index in [4.69, 9.17) is 10.9 Å². The molecule has 0 fully saturated rings. The van der Waals surface area contributed by atoms with Crippen molar-refractivity contribution in [1.29, 1.82) is 0 Å². The van der Waals surface area contributed by atoms with Crippen molar-refractivity contribution >= 4 is 26.5 Å². The molecule has 5 heteroatoms. The second-order valence-electron chi connectivity index (χ2n) is 3.23. The number of nitrogens with one attached hydrogen (secondary N) is 1. The smallest absolute Gasteiger partial charge is 0.238 e. The summed E-state index contributed by atoms with van der Waals surface area (Å²) in [5, 5.41) is 6.42. The number of benzene rings is 2. The van der Waals surface area contributed by atoms with Gasteiger partial charge in [-0.25, -0.2) is 13.6 Å². The van der Waals surface area contributed by atoms with Gasteiger partial charge >= 0.3 is 0 Å². The quantitative estimate of drug-likeness (QED) is 0.789. The summed E-state index contributed by atoms with van der Waals surface area (Å²) in [6.45, 7) is 0. The van der Waals surface area contributed by atoms with E-state index >= 15 is 0 Å². The molecule has 0 heterocycles. The molecule has 3 N–H and O–H groups in total. The third-order valence-electron chi connectivity index (χ3n) is 2.18. The normalized spacial score (nSPS) is 11.8. The highest BCUT2D eigenvalue weighted by Gasteiger charge is 2.08. The van der Waals surface area contributed by atoms with Crippen molar-refractivity contribution in [2.24, 2.45) is 5.14 Å². The predicted molar refractivity (Wildman–Crippen MR) is 58.1 cm³/mol. The molecule has 0 saturated carbocycles. The summed E-state index contributed by atoms with van der Waals surface area (Å²) in [4.78, 5) is 0.0368. The Bertz CT molecular complexity index is 620. The molecule has 2 aromatic carbocycles. The van der Waals surface area contributed by atoms with Crippen LogP contribution in [0.4, 0.5) is 5.69 Å². The monoisotopic (exact) mass is 221 g/mol. The van der Waals surface area contributed by atoms with Gasteiger partial charge in [0.15, 0.2) is 0 Å². The molecule has 2 rings (SSSR count). The Balaban J connectivity index is 2.81. The van der Waals surface area contributed by atoms with Crippen LogP contribution in [0.25, 0.3) is 10.8 Å². The Kier molecular flexibility index (Phi) is 2.13. The molecule has 1 radical (unpaired) electrons. The largest absolute Gasteiger partial charge is 0.300 e. The third kappa shape index (κ3) is 1.79. The highest BCUT2D eigenvalue weighted by Crippen LogP contribution is 2.24. The van der Waals surface area contributed by atoms with Crippen LogP contribution in [0, 0.1) is 0 Å². The van der Waals surface area contributed by atoms with Crippen molar-refractivity contribution in [2.75, 3.05) is 0 Å². The highest BCUT2D eigenvalue weighted by atomic mass is 32.2. The van der Waals surface area contributed by atoms with Gasteiger partial charge in [-0.2, -0.15) is 0 Å². The molecular formula is C10H9N2O2S. The van der Waals surface area contributed by atoms with Crippen molar-refractivity contribution < 1.29 is 8.42 Å². The number of hydrogen-bond acceptors (Lipinski definition) is 2. The average Bonchev–Trinajstić information content (AvgIpc) is 2.16. The van der Waals surface area contributed by atoms with Crippen LogP contribution >= 0.6 is 0 Å². The Hall–Kier alpha value is -1.59. The summed E-state index contributed by atoms with van der Waals surface area (Å²) >= 11 is 0.